The zero-order valence-corrected chi connectivity index (χ0v) is 15.8. The number of esters is 1. The van der Waals surface area contributed by atoms with Crippen molar-refractivity contribution < 1.29 is 28.6 Å². The standard InChI is InChI=1S/C22H17NO7/c24-14-7-8-15-13(10-20(26)30-18(15)11-14)12-29-19(25)6-3-9-23-21(27)16-4-1-2-5-17(16)22(23)28/h1-2,4-5,7-8,10-11,24H,3,6,9,12H2. The number of fused-ring (bicyclic) bond motifs is 2. The minimum absolute atomic E-state index is 0.00751. The van der Waals surface area contributed by atoms with E-state index in [1.807, 2.05) is 0 Å². The molecular weight excluding hydrogens is 390 g/mol. The highest BCUT2D eigenvalue weighted by molar-refractivity contribution is 6.21. The van der Waals surface area contributed by atoms with Gasteiger partial charge in [-0.15, -0.1) is 0 Å². The molecule has 152 valence electrons. The summed E-state index contributed by atoms with van der Waals surface area (Å²) in [6, 6.07) is 12.1. The van der Waals surface area contributed by atoms with E-state index in [0.29, 0.717) is 22.1 Å². The minimum Gasteiger partial charge on any atom is -0.508 e. The van der Waals surface area contributed by atoms with Crippen molar-refractivity contribution in [3.63, 3.8) is 0 Å². The Hall–Kier alpha value is -3.94. The molecule has 1 aromatic heterocycles. The highest BCUT2D eigenvalue weighted by Gasteiger charge is 2.34. The van der Waals surface area contributed by atoms with E-state index in [9.17, 15) is 24.3 Å². The van der Waals surface area contributed by atoms with Crippen LogP contribution in [-0.2, 0) is 16.1 Å². The highest BCUT2D eigenvalue weighted by atomic mass is 16.5. The van der Waals surface area contributed by atoms with Crippen LogP contribution in [0.25, 0.3) is 11.0 Å². The Morgan fingerprint density at radius 3 is 2.40 bits per heavy atom. The number of ether oxygens (including phenoxy) is 1. The molecule has 2 aromatic carbocycles. The number of imide groups is 1. The number of rotatable bonds is 6. The summed E-state index contributed by atoms with van der Waals surface area (Å²) in [6.07, 6.45) is 0.267. The van der Waals surface area contributed by atoms with Crippen LogP contribution in [0.5, 0.6) is 5.75 Å². The number of hydrogen-bond acceptors (Lipinski definition) is 7. The topological polar surface area (TPSA) is 114 Å². The van der Waals surface area contributed by atoms with Gasteiger partial charge in [-0.1, -0.05) is 12.1 Å². The molecule has 4 rings (SSSR count). The van der Waals surface area contributed by atoms with Crippen molar-refractivity contribution in [1.29, 1.82) is 0 Å². The normalized spacial score (nSPS) is 13.0. The third kappa shape index (κ3) is 3.67. The molecule has 0 atom stereocenters. The fourth-order valence-electron chi connectivity index (χ4n) is 3.39. The lowest BCUT2D eigenvalue weighted by Gasteiger charge is -2.13. The largest absolute Gasteiger partial charge is 0.508 e. The summed E-state index contributed by atoms with van der Waals surface area (Å²) < 4.78 is 10.3. The number of nitrogens with zero attached hydrogens (tertiary/aromatic N) is 1. The second-order valence-electron chi connectivity index (χ2n) is 6.84. The Kier molecular flexibility index (Phi) is 5.05. The molecule has 2 heterocycles. The van der Waals surface area contributed by atoms with E-state index in [2.05, 4.69) is 0 Å². The van der Waals surface area contributed by atoms with Gasteiger partial charge in [0, 0.05) is 36.0 Å². The van der Waals surface area contributed by atoms with Crippen LogP contribution in [0.1, 0.15) is 39.1 Å². The first-order valence-corrected chi connectivity index (χ1v) is 9.30. The fraction of sp³-hybridized carbons (Fsp3) is 0.182. The second kappa shape index (κ2) is 7.82. The lowest BCUT2D eigenvalue weighted by molar-refractivity contribution is -0.145. The van der Waals surface area contributed by atoms with Crippen LogP contribution in [0.4, 0.5) is 0 Å². The summed E-state index contributed by atoms with van der Waals surface area (Å²) in [5, 5.41) is 10.1. The third-order valence-electron chi connectivity index (χ3n) is 4.84. The molecule has 1 aliphatic rings. The number of amides is 2. The predicted octanol–water partition coefficient (Wildman–Crippen LogP) is 2.62. The Labute approximate surface area is 170 Å². The first-order chi connectivity index (χ1) is 14.4. The maximum Gasteiger partial charge on any atom is 0.336 e. The second-order valence-corrected chi connectivity index (χ2v) is 6.84. The molecule has 1 aliphatic heterocycles. The van der Waals surface area contributed by atoms with Gasteiger partial charge in [-0.3, -0.25) is 19.3 Å². The molecule has 3 aromatic rings. The van der Waals surface area contributed by atoms with Crippen LogP contribution < -0.4 is 5.63 Å². The van der Waals surface area contributed by atoms with Crippen molar-refractivity contribution in [2.24, 2.45) is 0 Å². The zero-order chi connectivity index (χ0) is 21.3. The molecular formula is C22H17NO7. The summed E-state index contributed by atoms with van der Waals surface area (Å²) in [6.45, 7) is -0.0305. The maximum atomic E-state index is 12.3. The molecule has 0 saturated heterocycles. The van der Waals surface area contributed by atoms with E-state index in [-0.39, 0.29) is 49.1 Å². The molecule has 0 aliphatic carbocycles. The van der Waals surface area contributed by atoms with Crippen LogP contribution >= 0.6 is 0 Å². The lowest BCUT2D eigenvalue weighted by Crippen LogP contribution is -2.31. The van der Waals surface area contributed by atoms with Gasteiger partial charge in [-0.25, -0.2) is 4.79 Å². The number of aromatic hydroxyl groups is 1. The van der Waals surface area contributed by atoms with E-state index in [1.54, 1.807) is 30.3 Å². The maximum absolute atomic E-state index is 12.3. The van der Waals surface area contributed by atoms with Crippen molar-refractivity contribution in [3.05, 3.63) is 75.6 Å². The number of phenolic OH excluding ortho intramolecular Hbond substituents is 1. The Bertz CT molecular complexity index is 1190. The summed E-state index contributed by atoms with van der Waals surface area (Å²) >= 11 is 0. The number of phenols is 1. The summed E-state index contributed by atoms with van der Waals surface area (Å²) in [5.74, 6) is -1.30. The molecule has 0 radical (unpaired) electrons. The van der Waals surface area contributed by atoms with Gasteiger partial charge in [-0.2, -0.15) is 0 Å². The smallest absolute Gasteiger partial charge is 0.336 e. The Morgan fingerprint density at radius 1 is 1.00 bits per heavy atom. The molecule has 2 amide bonds. The first-order valence-electron chi connectivity index (χ1n) is 9.30. The monoisotopic (exact) mass is 407 g/mol. The van der Waals surface area contributed by atoms with Gasteiger partial charge in [0.2, 0.25) is 0 Å². The number of carbonyl (C=O) groups excluding carboxylic acids is 3. The van der Waals surface area contributed by atoms with Gasteiger partial charge < -0.3 is 14.3 Å². The van der Waals surface area contributed by atoms with Gasteiger partial charge in [-0.05, 0) is 30.7 Å². The lowest BCUT2D eigenvalue weighted by atomic mass is 10.1. The van der Waals surface area contributed by atoms with Gasteiger partial charge in [0.05, 0.1) is 11.1 Å². The molecule has 0 unspecified atom stereocenters. The first kappa shape index (κ1) is 19.4. The van der Waals surface area contributed by atoms with Crippen LogP contribution in [0, 0.1) is 0 Å². The van der Waals surface area contributed by atoms with E-state index >= 15 is 0 Å². The minimum atomic E-state index is -0.621. The number of carbonyl (C=O) groups is 3. The quantitative estimate of drug-likeness (QED) is 0.379. The fourth-order valence-corrected chi connectivity index (χ4v) is 3.39. The average molecular weight is 407 g/mol. The van der Waals surface area contributed by atoms with E-state index in [4.69, 9.17) is 9.15 Å². The van der Waals surface area contributed by atoms with E-state index in [0.717, 1.165) is 4.90 Å². The van der Waals surface area contributed by atoms with E-state index < -0.39 is 11.6 Å². The van der Waals surface area contributed by atoms with Gasteiger partial charge in [0.15, 0.2) is 0 Å². The summed E-state index contributed by atoms with van der Waals surface area (Å²) in [7, 11) is 0. The van der Waals surface area contributed by atoms with Crippen molar-refractivity contribution in [2.45, 2.75) is 19.4 Å². The SMILES string of the molecule is O=C(CCCN1C(=O)c2ccccc2C1=O)OCc1cc(=O)oc2cc(O)ccc12. The van der Waals surface area contributed by atoms with Crippen molar-refractivity contribution in [3.8, 4) is 5.75 Å². The van der Waals surface area contributed by atoms with Crippen molar-refractivity contribution >= 4 is 28.8 Å². The van der Waals surface area contributed by atoms with E-state index in [1.165, 1.54) is 18.2 Å². The zero-order valence-electron chi connectivity index (χ0n) is 15.8. The molecule has 0 bridgehead atoms. The molecule has 1 N–H and O–H groups in total. The molecule has 8 nitrogen and oxygen atoms in total. The average Bonchev–Trinajstić information content (AvgIpc) is 2.96. The molecule has 0 fully saturated rings. The number of benzene rings is 2. The van der Waals surface area contributed by atoms with Crippen LogP contribution in [-0.4, -0.2) is 34.3 Å². The van der Waals surface area contributed by atoms with Crippen molar-refractivity contribution in [1.82, 2.24) is 4.90 Å². The van der Waals surface area contributed by atoms with Gasteiger partial charge in [0.1, 0.15) is 17.9 Å². The summed E-state index contributed by atoms with van der Waals surface area (Å²) in [4.78, 5) is 49.5. The third-order valence-corrected chi connectivity index (χ3v) is 4.84. The summed E-state index contributed by atoms with van der Waals surface area (Å²) in [5.41, 5.74) is 0.760. The van der Waals surface area contributed by atoms with Crippen molar-refractivity contribution in [2.75, 3.05) is 6.54 Å². The molecule has 0 spiro atoms. The highest BCUT2D eigenvalue weighted by Crippen LogP contribution is 2.24. The van der Waals surface area contributed by atoms with Gasteiger partial charge >= 0.3 is 11.6 Å². The Balaban J connectivity index is 1.34. The van der Waals surface area contributed by atoms with Gasteiger partial charge in [0.25, 0.3) is 11.8 Å². The molecule has 8 heteroatoms. The number of hydrogen-bond donors (Lipinski definition) is 1. The molecule has 0 saturated carbocycles. The van der Waals surface area contributed by atoms with Crippen LogP contribution in [0.15, 0.2) is 57.7 Å². The van der Waals surface area contributed by atoms with Crippen LogP contribution in [0.2, 0.25) is 0 Å². The predicted molar refractivity (Wildman–Crippen MR) is 105 cm³/mol. The van der Waals surface area contributed by atoms with Crippen LogP contribution in [0.3, 0.4) is 0 Å². The Morgan fingerprint density at radius 2 is 1.70 bits per heavy atom. The molecule has 30 heavy (non-hydrogen) atoms.